The molecular weight excluding hydrogens is 436 g/mol. The van der Waals surface area contributed by atoms with Crippen LogP contribution in [0.25, 0.3) is 0 Å². The smallest absolute Gasteiger partial charge is 0.321 e. The Labute approximate surface area is 187 Å². The van der Waals surface area contributed by atoms with Crippen LogP contribution in [0.2, 0.25) is 0 Å². The highest BCUT2D eigenvalue weighted by Crippen LogP contribution is 2.31. The van der Waals surface area contributed by atoms with Gasteiger partial charge in [-0.2, -0.15) is 4.72 Å². The molecule has 0 radical (unpaired) electrons. The monoisotopic (exact) mass is 462 g/mol. The second-order valence-corrected chi connectivity index (χ2v) is 9.24. The number of ether oxygens (including phenoxy) is 3. The summed E-state index contributed by atoms with van der Waals surface area (Å²) in [5.74, 6) is -0.248. The standard InChI is InChI=1S/C22H26N2O7S/c1-15(2)16-4-6-17(7-5-16)24-21(25)14-31-22(26)13-23-32(27,28)18-8-9-19-20(12-18)30-11-3-10-29-19/h4-9,12,15,23H,3,10-11,13-14H2,1-2H3,(H,24,25). The first-order chi connectivity index (χ1) is 15.2. The topological polar surface area (TPSA) is 120 Å². The van der Waals surface area contributed by atoms with Gasteiger partial charge in [0.15, 0.2) is 18.1 Å². The molecule has 0 fully saturated rings. The maximum Gasteiger partial charge on any atom is 0.321 e. The Bertz CT molecular complexity index is 1070. The van der Waals surface area contributed by atoms with Crippen molar-refractivity contribution in [3.05, 3.63) is 48.0 Å². The summed E-state index contributed by atoms with van der Waals surface area (Å²) in [5, 5.41) is 2.62. The molecule has 1 aliphatic heterocycles. The molecule has 0 spiro atoms. The zero-order valence-corrected chi connectivity index (χ0v) is 18.7. The predicted octanol–water partition coefficient (Wildman–Crippen LogP) is 2.43. The van der Waals surface area contributed by atoms with E-state index in [-0.39, 0.29) is 4.90 Å². The molecule has 2 aromatic rings. The first kappa shape index (κ1) is 23.6. The summed E-state index contributed by atoms with van der Waals surface area (Å²) < 4.78 is 42.9. The van der Waals surface area contributed by atoms with Crippen molar-refractivity contribution < 1.29 is 32.2 Å². The summed E-state index contributed by atoms with van der Waals surface area (Å²) in [6, 6.07) is 11.5. The summed E-state index contributed by atoms with van der Waals surface area (Å²) in [6.07, 6.45) is 0.692. The molecule has 2 aromatic carbocycles. The van der Waals surface area contributed by atoms with E-state index < -0.39 is 35.1 Å². The Morgan fingerprint density at radius 2 is 1.72 bits per heavy atom. The number of amides is 1. The van der Waals surface area contributed by atoms with Gasteiger partial charge in [-0.05, 0) is 35.7 Å². The number of hydrogen-bond donors (Lipinski definition) is 2. The highest BCUT2D eigenvalue weighted by atomic mass is 32.2. The third-order valence-electron chi connectivity index (χ3n) is 4.66. The minimum absolute atomic E-state index is 0.0721. The van der Waals surface area contributed by atoms with Crippen LogP contribution in [-0.2, 0) is 24.3 Å². The lowest BCUT2D eigenvalue weighted by molar-refractivity contribution is -0.146. The van der Waals surface area contributed by atoms with Crippen LogP contribution in [0, 0.1) is 0 Å². The third kappa shape index (κ3) is 6.44. The molecule has 32 heavy (non-hydrogen) atoms. The second kappa shape index (κ2) is 10.5. The molecule has 0 saturated carbocycles. The van der Waals surface area contributed by atoms with E-state index in [4.69, 9.17) is 14.2 Å². The van der Waals surface area contributed by atoms with Crippen molar-refractivity contribution in [2.75, 3.05) is 31.7 Å². The lowest BCUT2D eigenvalue weighted by atomic mass is 10.0. The van der Waals surface area contributed by atoms with Crippen molar-refractivity contribution >= 4 is 27.6 Å². The number of rotatable bonds is 8. The number of carbonyl (C=O) groups excluding carboxylic acids is 2. The maximum absolute atomic E-state index is 12.5. The molecule has 0 bridgehead atoms. The fourth-order valence-electron chi connectivity index (χ4n) is 2.89. The highest BCUT2D eigenvalue weighted by molar-refractivity contribution is 7.89. The van der Waals surface area contributed by atoms with Crippen molar-refractivity contribution in [2.24, 2.45) is 0 Å². The van der Waals surface area contributed by atoms with Crippen molar-refractivity contribution in [3.63, 3.8) is 0 Å². The average molecular weight is 463 g/mol. The van der Waals surface area contributed by atoms with Crippen LogP contribution < -0.4 is 19.5 Å². The Kier molecular flexibility index (Phi) is 7.70. The van der Waals surface area contributed by atoms with Crippen LogP contribution in [-0.4, -0.2) is 46.7 Å². The number of sulfonamides is 1. The number of fused-ring (bicyclic) bond motifs is 1. The van der Waals surface area contributed by atoms with Gasteiger partial charge >= 0.3 is 5.97 Å². The molecule has 0 atom stereocenters. The number of carbonyl (C=O) groups is 2. The summed E-state index contributed by atoms with van der Waals surface area (Å²) >= 11 is 0. The predicted molar refractivity (Wildman–Crippen MR) is 117 cm³/mol. The molecule has 0 unspecified atom stereocenters. The minimum Gasteiger partial charge on any atom is -0.490 e. The Balaban J connectivity index is 1.47. The Morgan fingerprint density at radius 1 is 1.03 bits per heavy atom. The number of anilines is 1. The van der Waals surface area contributed by atoms with E-state index in [1.165, 1.54) is 18.2 Å². The van der Waals surface area contributed by atoms with Crippen LogP contribution in [0.3, 0.4) is 0 Å². The van der Waals surface area contributed by atoms with Gasteiger partial charge < -0.3 is 19.5 Å². The number of nitrogens with one attached hydrogen (secondary N) is 2. The normalized spacial score (nSPS) is 13.3. The van der Waals surface area contributed by atoms with E-state index in [9.17, 15) is 18.0 Å². The molecule has 1 aliphatic rings. The van der Waals surface area contributed by atoms with Gasteiger partial charge in [0, 0.05) is 18.2 Å². The lowest BCUT2D eigenvalue weighted by Gasteiger charge is -2.11. The number of hydrogen-bond acceptors (Lipinski definition) is 7. The molecule has 9 nitrogen and oxygen atoms in total. The van der Waals surface area contributed by atoms with Gasteiger partial charge in [0.1, 0.15) is 6.54 Å². The van der Waals surface area contributed by atoms with Gasteiger partial charge in [-0.15, -0.1) is 0 Å². The average Bonchev–Trinajstić information content (AvgIpc) is 3.01. The molecule has 1 amide bonds. The van der Waals surface area contributed by atoms with E-state index in [0.717, 1.165) is 5.56 Å². The molecule has 2 N–H and O–H groups in total. The van der Waals surface area contributed by atoms with Gasteiger partial charge in [-0.3, -0.25) is 9.59 Å². The fraction of sp³-hybridized carbons (Fsp3) is 0.364. The quantitative estimate of drug-likeness (QED) is 0.578. The van der Waals surface area contributed by atoms with E-state index in [1.54, 1.807) is 12.1 Å². The minimum atomic E-state index is -3.99. The van der Waals surface area contributed by atoms with Gasteiger partial charge in [0.05, 0.1) is 18.1 Å². The largest absolute Gasteiger partial charge is 0.490 e. The second-order valence-electron chi connectivity index (χ2n) is 7.47. The van der Waals surface area contributed by atoms with Crippen LogP contribution in [0.4, 0.5) is 5.69 Å². The Hall–Kier alpha value is -3.11. The SMILES string of the molecule is CC(C)c1ccc(NC(=O)COC(=O)CNS(=O)(=O)c2ccc3c(c2)OCCCO3)cc1. The van der Waals surface area contributed by atoms with Crippen LogP contribution in [0.5, 0.6) is 11.5 Å². The fourth-order valence-corrected chi connectivity index (χ4v) is 3.88. The zero-order valence-electron chi connectivity index (χ0n) is 17.9. The molecule has 0 aromatic heterocycles. The molecule has 1 heterocycles. The van der Waals surface area contributed by atoms with Crippen molar-refractivity contribution in [2.45, 2.75) is 31.1 Å². The summed E-state index contributed by atoms with van der Waals surface area (Å²) in [4.78, 5) is 23.8. The van der Waals surface area contributed by atoms with Crippen molar-refractivity contribution in [1.29, 1.82) is 0 Å². The first-order valence-corrected chi connectivity index (χ1v) is 11.7. The van der Waals surface area contributed by atoms with Gasteiger partial charge in [0.2, 0.25) is 10.0 Å². The van der Waals surface area contributed by atoms with Gasteiger partial charge in [-0.25, -0.2) is 8.42 Å². The molecule has 3 rings (SSSR count). The number of benzene rings is 2. The molecular formula is C22H26N2O7S. The maximum atomic E-state index is 12.5. The lowest BCUT2D eigenvalue weighted by Crippen LogP contribution is -2.32. The van der Waals surface area contributed by atoms with Crippen LogP contribution >= 0.6 is 0 Å². The Morgan fingerprint density at radius 3 is 2.41 bits per heavy atom. The molecule has 10 heteroatoms. The summed E-state index contributed by atoms with van der Waals surface area (Å²) in [7, 11) is -3.99. The van der Waals surface area contributed by atoms with Crippen LogP contribution in [0.1, 0.15) is 31.7 Å². The third-order valence-corrected chi connectivity index (χ3v) is 6.06. The van der Waals surface area contributed by atoms with E-state index in [0.29, 0.717) is 42.7 Å². The summed E-state index contributed by atoms with van der Waals surface area (Å²) in [5.41, 5.74) is 1.71. The molecule has 172 valence electrons. The summed E-state index contributed by atoms with van der Waals surface area (Å²) in [6.45, 7) is 3.89. The highest BCUT2D eigenvalue weighted by Gasteiger charge is 2.20. The van der Waals surface area contributed by atoms with E-state index in [2.05, 4.69) is 23.9 Å². The van der Waals surface area contributed by atoms with E-state index in [1.807, 2.05) is 12.1 Å². The molecule has 0 saturated heterocycles. The van der Waals surface area contributed by atoms with Crippen molar-refractivity contribution in [3.8, 4) is 11.5 Å². The van der Waals surface area contributed by atoms with Crippen LogP contribution in [0.15, 0.2) is 47.4 Å². The molecule has 0 aliphatic carbocycles. The van der Waals surface area contributed by atoms with Gasteiger partial charge in [-0.1, -0.05) is 26.0 Å². The van der Waals surface area contributed by atoms with Gasteiger partial charge in [0.25, 0.3) is 5.91 Å². The zero-order chi connectivity index (χ0) is 23.1. The first-order valence-electron chi connectivity index (χ1n) is 10.2. The number of esters is 1. The van der Waals surface area contributed by atoms with E-state index >= 15 is 0 Å². The van der Waals surface area contributed by atoms with Crippen molar-refractivity contribution in [1.82, 2.24) is 4.72 Å².